The summed E-state index contributed by atoms with van der Waals surface area (Å²) in [6, 6.07) is 0. The van der Waals surface area contributed by atoms with E-state index in [4.69, 9.17) is 5.11 Å². The molecule has 0 spiro atoms. The molecule has 2 rings (SSSR count). The van der Waals surface area contributed by atoms with Gasteiger partial charge in [-0.3, -0.25) is 9.59 Å². The fraction of sp³-hybridized carbons (Fsp3) is 0.857. The highest BCUT2D eigenvalue weighted by molar-refractivity contribution is 8.01. The van der Waals surface area contributed by atoms with Crippen molar-refractivity contribution in [3.8, 4) is 0 Å². The van der Waals surface area contributed by atoms with Crippen LogP contribution in [0, 0.1) is 5.92 Å². The topological polar surface area (TPSA) is 57.6 Å². The maximum absolute atomic E-state index is 12.6. The first-order chi connectivity index (χ1) is 9.01. The Kier molecular flexibility index (Phi) is 4.76. The summed E-state index contributed by atoms with van der Waals surface area (Å²) < 4.78 is -0.227. The molecule has 0 bridgehead atoms. The maximum Gasteiger partial charge on any atom is 0.303 e. The summed E-state index contributed by atoms with van der Waals surface area (Å²) in [6.07, 6.45) is 5.09. The van der Waals surface area contributed by atoms with Crippen molar-refractivity contribution < 1.29 is 14.7 Å². The molecule has 2 aliphatic rings. The number of carbonyl (C=O) groups is 2. The minimum atomic E-state index is -0.734. The molecule has 4 nitrogen and oxygen atoms in total. The third kappa shape index (κ3) is 3.65. The zero-order valence-corrected chi connectivity index (χ0v) is 12.4. The zero-order valence-electron chi connectivity index (χ0n) is 11.6. The molecule has 108 valence electrons. The van der Waals surface area contributed by atoms with Gasteiger partial charge in [-0.1, -0.05) is 0 Å². The first kappa shape index (κ1) is 14.7. The first-order valence-corrected chi connectivity index (χ1v) is 8.15. The quantitative estimate of drug-likeness (QED) is 0.861. The molecule has 0 aliphatic carbocycles. The molecule has 2 atom stereocenters. The molecule has 5 heteroatoms. The van der Waals surface area contributed by atoms with Crippen molar-refractivity contribution in [2.75, 3.05) is 18.8 Å². The van der Waals surface area contributed by atoms with Crippen molar-refractivity contribution in [1.29, 1.82) is 0 Å². The largest absolute Gasteiger partial charge is 0.481 e. The average Bonchev–Trinajstić information content (AvgIpc) is 2.84. The van der Waals surface area contributed by atoms with Crippen LogP contribution in [0.2, 0.25) is 0 Å². The van der Waals surface area contributed by atoms with Crippen LogP contribution in [0.5, 0.6) is 0 Å². The molecule has 2 unspecified atom stereocenters. The fourth-order valence-electron chi connectivity index (χ4n) is 3.09. The van der Waals surface area contributed by atoms with Crippen LogP contribution in [-0.4, -0.2) is 45.5 Å². The Morgan fingerprint density at radius 1 is 1.42 bits per heavy atom. The minimum Gasteiger partial charge on any atom is -0.481 e. The summed E-state index contributed by atoms with van der Waals surface area (Å²) in [5.74, 6) is 0.985. The predicted octanol–water partition coefficient (Wildman–Crippen LogP) is 2.38. The monoisotopic (exact) mass is 285 g/mol. The summed E-state index contributed by atoms with van der Waals surface area (Å²) >= 11 is 1.78. The Labute approximate surface area is 118 Å². The average molecular weight is 285 g/mol. The summed E-state index contributed by atoms with van der Waals surface area (Å²) in [7, 11) is 0. The number of nitrogens with zero attached hydrogens (tertiary/aromatic N) is 1. The molecule has 0 radical (unpaired) electrons. The van der Waals surface area contributed by atoms with Crippen LogP contribution in [0.4, 0.5) is 0 Å². The van der Waals surface area contributed by atoms with Gasteiger partial charge in [0.15, 0.2) is 0 Å². The molecular weight excluding hydrogens is 262 g/mol. The van der Waals surface area contributed by atoms with Crippen molar-refractivity contribution >= 4 is 23.6 Å². The van der Waals surface area contributed by atoms with Crippen LogP contribution in [0.15, 0.2) is 0 Å². The van der Waals surface area contributed by atoms with Gasteiger partial charge in [-0.05, 0) is 50.7 Å². The van der Waals surface area contributed by atoms with Crippen molar-refractivity contribution in [2.45, 2.75) is 50.2 Å². The van der Waals surface area contributed by atoms with Crippen molar-refractivity contribution in [3.05, 3.63) is 0 Å². The van der Waals surface area contributed by atoms with E-state index in [9.17, 15) is 9.59 Å². The summed E-state index contributed by atoms with van der Waals surface area (Å²) in [4.78, 5) is 25.2. The van der Waals surface area contributed by atoms with Gasteiger partial charge in [0, 0.05) is 19.5 Å². The van der Waals surface area contributed by atoms with E-state index in [1.165, 1.54) is 0 Å². The van der Waals surface area contributed by atoms with Crippen LogP contribution < -0.4 is 0 Å². The van der Waals surface area contributed by atoms with Gasteiger partial charge in [0.05, 0.1) is 4.75 Å². The standard InChI is InChI=1S/C14H23NO3S/c1-14(7-3-9-19-14)13(18)15-8-2-4-11(10-15)5-6-12(16)17/h11H,2-10H2,1H3,(H,16,17). The van der Waals surface area contributed by atoms with Gasteiger partial charge in [-0.25, -0.2) is 0 Å². The van der Waals surface area contributed by atoms with Gasteiger partial charge >= 0.3 is 5.97 Å². The smallest absolute Gasteiger partial charge is 0.303 e. The van der Waals surface area contributed by atoms with Crippen molar-refractivity contribution in [2.24, 2.45) is 5.92 Å². The lowest BCUT2D eigenvalue weighted by Gasteiger charge is -2.37. The Balaban J connectivity index is 1.89. The summed E-state index contributed by atoms with van der Waals surface area (Å²) in [5, 5.41) is 8.75. The number of thioether (sulfide) groups is 1. The van der Waals surface area contributed by atoms with Gasteiger partial charge in [0.2, 0.25) is 5.91 Å². The van der Waals surface area contributed by atoms with Gasteiger partial charge in [-0.15, -0.1) is 11.8 Å². The molecule has 0 aromatic rings. The van der Waals surface area contributed by atoms with Crippen LogP contribution >= 0.6 is 11.8 Å². The van der Waals surface area contributed by atoms with E-state index in [-0.39, 0.29) is 17.1 Å². The van der Waals surface area contributed by atoms with E-state index in [0.717, 1.165) is 44.5 Å². The number of carbonyl (C=O) groups excluding carboxylic acids is 1. The molecule has 19 heavy (non-hydrogen) atoms. The second kappa shape index (κ2) is 6.16. The number of rotatable bonds is 4. The molecule has 1 amide bonds. The van der Waals surface area contributed by atoms with E-state index in [2.05, 4.69) is 6.92 Å². The molecule has 0 aromatic heterocycles. The summed E-state index contributed by atoms with van der Waals surface area (Å²) in [5.41, 5.74) is 0. The lowest BCUT2D eigenvalue weighted by molar-refractivity contribution is -0.137. The number of aliphatic carboxylic acids is 1. The second-order valence-electron chi connectivity index (χ2n) is 5.87. The molecule has 2 aliphatic heterocycles. The number of carboxylic acid groups (broad SMARTS) is 1. The van der Waals surface area contributed by atoms with Gasteiger partial charge in [0.25, 0.3) is 0 Å². The van der Waals surface area contributed by atoms with E-state index in [1.54, 1.807) is 11.8 Å². The Bertz CT molecular complexity index is 353. The SMILES string of the molecule is CC1(C(=O)N2CCCC(CCC(=O)O)C2)CCCS1. The van der Waals surface area contributed by atoms with E-state index >= 15 is 0 Å². The molecular formula is C14H23NO3S. The molecule has 2 fully saturated rings. The maximum atomic E-state index is 12.6. The predicted molar refractivity (Wildman–Crippen MR) is 76.3 cm³/mol. The van der Waals surface area contributed by atoms with E-state index in [1.807, 2.05) is 4.90 Å². The molecule has 0 saturated carbocycles. The Morgan fingerprint density at radius 2 is 2.21 bits per heavy atom. The van der Waals surface area contributed by atoms with E-state index < -0.39 is 5.97 Å². The second-order valence-corrected chi connectivity index (χ2v) is 7.47. The molecule has 0 aromatic carbocycles. The Hall–Kier alpha value is -0.710. The lowest BCUT2D eigenvalue weighted by Crippen LogP contribution is -2.48. The lowest BCUT2D eigenvalue weighted by atomic mass is 9.92. The highest BCUT2D eigenvalue weighted by atomic mass is 32.2. The number of amides is 1. The molecule has 2 saturated heterocycles. The van der Waals surface area contributed by atoms with Crippen LogP contribution in [-0.2, 0) is 9.59 Å². The molecule has 1 N–H and O–H groups in total. The fourth-order valence-corrected chi connectivity index (χ4v) is 4.38. The first-order valence-electron chi connectivity index (χ1n) is 7.16. The third-order valence-electron chi connectivity index (χ3n) is 4.24. The van der Waals surface area contributed by atoms with E-state index in [0.29, 0.717) is 12.3 Å². The highest BCUT2D eigenvalue weighted by Crippen LogP contribution is 2.40. The number of likely N-dealkylation sites (tertiary alicyclic amines) is 1. The van der Waals surface area contributed by atoms with Gasteiger partial charge in [-0.2, -0.15) is 0 Å². The highest BCUT2D eigenvalue weighted by Gasteiger charge is 2.41. The summed E-state index contributed by atoms with van der Waals surface area (Å²) in [6.45, 7) is 3.66. The molecule has 2 heterocycles. The Morgan fingerprint density at radius 3 is 2.84 bits per heavy atom. The van der Waals surface area contributed by atoms with Crippen LogP contribution in [0.3, 0.4) is 0 Å². The minimum absolute atomic E-state index is 0.221. The van der Waals surface area contributed by atoms with Gasteiger partial charge in [0.1, 0.15) is 0 Å². The number of piperidine rings is 1. The van der Waals surface area contributed by atoms with Crippen molar-refractivity contribution in [1.82, 2.24) is 4.90 Å². The number of hydrogen-bond donors (Lipinski definition) is 1. The number of hydrogen-bond acceptors (Lipinski definition) is 3. The normalized spacial score (nSPS) is 31.4. The third-order valence-corrected chi connectivity index (χ3v) is 5.75. The van der Waals surface area contributed by atoms with Crippen LogP contribution in [0.25, 0.3) is 0 Å². The van der Waals surface area contributed by atoms with Crippen molar-refractivity contribution in [3.63, 3.8) is 0 Å². The van der Waals surface area contributed by atoms with Crippen LogP contribution in [0.1, 0.15) is 45.4 Å². The van der Waals surface area contributed by atoms with Gasteiger partial charge < -0.3 is 10.0 Å². The number of carboxylic acids is 1. The zero-order chi connectivity index (χ0) is 13.9.